The number of hydrogen-bond acceptors (Lipinski definition) is 7. The maximum atomic E-state index is 15.2. The largest absolute Gasteiger partial charge is 0.452 e. The van der Waals surface area contributed by atoms with Gasteiger partial charge in [-0.2, -0.15) is 5.10 Å². The van der Waals surface area contributed by atoms with Gasteiger partial charge < -0.3 is 20.5 Å². The molecule has 3 N–H and O–H groups in total. The summed E-state index contributed by atoms with van der Waals surface area (Å²) in [6, 6.07) is 21.4. The van der Waals surface area contributed by atoms with Gasteiger partial charge in [-0.15, -0.1) is 0 Å². The molecule has 0 fully saturated rings. The van der Waals surface area contributed by atoms with E-state index >= 15 is 4.39 Å². The first-order valence-corrected chi connectivity index (χ1v) is 12.5. The van der Waals surface area contributed by atoms with Crippen molar-refractivity contribution in [1.82, 2.24) is 19.2 Å². The third-order valence-electron chi connectivity index (χ3n) is 6.24. The fourth-order valence-electron chi connectivity index (χ4n) is 4.28. The van der Waals surface area contributed by atoms with Crippen LogP contribution < -0.4 is 20.9 Å². The van der Waals surface area contributed by atoms with Crippen molar-refractivity contribution >= 4 is 22.7 Å². The Morgan fingerprint density at radius 2 is 1.73 bits per heavy atom. The Balaban J connectivity index is 1.22. The van der Waals surface area contributed by atoms with Crippen molar-refractivity contribution in [2.24, 2.45) is 0 Å². The summed E-state index contributed by atoms with van der Waals surface area (Å²) in [5.41, 5.74) is 1.42. The van der Waals surface area contributed by atoms with Crippen LogP contribution in [0.1, 0.15) is 11.8 Å². The van der Waals surface area contributed by atoms with Crippen molar-refractivity contribution in [3.8, 4) is 17.2 Å². The average molecular weight is 553 g/mol. The van der Waals surface area contributed by atoms with Gasteiger partial charge in [-0.05, 0) is 66.7 Å². The number of aliphatic hydroxyl groups is 1. The van der Waals surface area contributed by atoms with E-state index in [0.717, 1.165) is 6.07 Å². The van der Waals surface area contributed by atoms with E-state index in [0.29, 0.717) is 28.5 Å². The molecule has 0 aliphatic carbocycles. The lowest BCUT2D eigenvalue weighted by atomic mass is 10.2. The molecule has 9 nitrogen and oxygen atoms in total. The smallest absolute Gasteiger partial charge is 0.262 e. The van der Waals surface area contributed by atoms with E-state index in [4.69, 9.17) is 4.74 Å². The molecule has 0 aliphatic rings. The fraction of sp³-hybridized carbons (Fsp3) is 0.0333. The van der Waals surface area contributed by atoms with Gasteiger partial charge in [-0.25, -0.2) is 18.3 Å². The molecule has 0 saturated carbocycles. The number of aliphatic hydroxyl groups excluding tert-OH is 1. The molecule has 0 spiro atoms. The normalized spacial score (nSPS) is 11.8. The lowest BCUT2D eigenvalue weighted by Gasteiger charge is -2.17. The monoisotopic (exact) mass is 552 g/mol. The zero-order valence-electron chi connectivity index (χ0n) is 21.3. The molecule has 0 saturated heterocycles. The molecule has 41 heavy (non-hydrogen) atoms. The van der Waals surface area contributed by atoms with Gasteiger partial charge in [0.2, 0.25) is 0 Å². The molecule has 6 rings (SSSR count). The minimum Gasteiger partial charge on any atom is -0.452 e. The maximum absolute atomic E-state index is 15.2. The number of hydrogen-bond donors (Lipinski definition) is 3. The molecule has 0 bridgehead atoms. The van der Waals surface area contributed by atoms with E-state index in [1.54, 1.807) is 53.4 Å². The van der Waals surface area contributed by atoms with E-state index in [1.165, 1.54) is 53.2 Å². The number of fused-ring (bicyclic) bond motifs is 1. The van der Waals surface area contributed by atoms with Gasteiger partial charge >= 0.3 is 0 Å². The van der Waals surface area contributed by atoms with Gasteiger partial charge in [0, 0.05) is 35.9 Å². The molecule has 2 aromatic carbocycles. The minimum atomic E-state index is -1.44. The molecule has 1 atom stereocenters. The summed E-state index contributed by atoms with van der Waals surface area (Å²) in [6.45, 7) is 0. The van der Waals surface area contributed by atoms with Crippen LogP contribution in [0.2, 0.25) is 0 Å². The molecule has 4 aromatic heterocycles. The van der Waals surface area contributed by atoms with Crippen LogP contribution in [0.3, 0.4) is 0 Å². The van der Waals surface area contributed by atoms with Gasteiger partial charge in [0.1, 0.15) is 17.2 Å². The van der Waals surface area contributed by atoms with E-state index in [2.05, 4.69) is 20.7 Å². The van der Waals surface area contributed by atoms with Crippen LogP contribution in [0.4, 0.5) is 26.0 Å². The highest BCUT2D eigenvalue weighted by molar-refractivity contribution is 5.68. The van der Waals surface area contributed by atoms with E-state index in [-0.39, 0.29) is 17.0 Å². The second-order valence-electron chi connectivity index (χ2n) is 9.00. The van der Waals surface area contributed by atoms with Crippen LogP contribution in [0, 0.1) is 11.6 Å². The molecule has 0 radical (unpaired) electrons. The number of aromatic nitrogens is 4. The average Bonchev–Trinajstić information content (AvgIpc) is 3.45. The summed E-state index contributed by atoms with van der Waals surface area (Å²) in [7, 11) is 0. The summed E-state index contributed by atoms with van der Waals surface area (Å²) in [5.74, 6) is -0.208. The van der Waals surface area contributed by atoms with Gasteiger partial charge in [0.15, 0.2) is 23.5 Å². The molecular formula is C30H22F2N6O3. The molecule has 0 amide bonds. The standard InChI is InChI=1S/C30H22F2N6O3/c31-19-6-9-22(10-7-19)37-15-3-4-23(30(37)40)29(39)36-20-8-11-26(24(32)16-20)41-27-17-21(18-38-25(27)12-14-34-38)35-28-5-1-2-13-33-28/h1-18,29,36,39H,(H,33,35). The summed E-state index contributed by atoms with van der Waals surface area (Å²) in [4.78, 5) is 17.2. The Kier molecular flexibility index (Phi) is 6.84. The van der Waals surface area contributed by atoms with Crippen molar-refractivity contribution in [3.05, 3.63) is 137 Å². The summed E-state index contributed by atoms with van der Waals surface area (Å²) >= 11 is 0. The second kappa shape index (κ2) is 10.9. The highest BCUT2D eigenvalue weighted by Gasteiger charge is 2.16. The third kappa shape index (κ3) is 5.47. The topological polar surface area (TPSA) is 106 Å². The predicted octanol–water partition coefficient (Wildman–Crippen LogP) is 5.80. The number of nitrogens with one attached hydrogen (secondary N) is 2. The van der Waals surface area contributed by atoms with Crippen molar-refractivity contribution in [2.75, 3.05) is 10.6 Å². The van der Waals surface area contributed by atoms with E-state index in [9.17, 15) is 14.3 Å². The molecule has 11 heteroatoms. The Hall–Kier alpha value is -5.55. The number of nitrogens with zero attached hydrogens (tertiary/aromatic N) is 4. The number of halogens is 2. The van der Waals surface area contributed by atoms with Crippen LogP contribution in [0.25, 0.3) is 11.2 Å². The van der Waals surface area contributed by atoms with Crippen LogP contribution in [0.5, 0.6) is 11.5 Å². The number of anilines is 3. The highest BCUT2D eigenvalue weighted by atomic mass is 19.1. The van der Waals surface area contributed by atoms with Crippen molar-refractivity contribution in [1.29, 1.82) is 0 Å². The molecule has 4 heterocycles. The summed E-state index contributed by atoms with van der Waals surface area (Å²) in [6.07, 6.45) is 5.09. The van der Waals surface area contributed by atoms with Gasteiger partial charge in [-0.1, -0.05) is 6.07 Å². The SMILES string of the molecule is O=c1c(C(O)Nc2ccc(Oc3cc(Nc4ccccn4)cn4nccc34)c(F)c2)cccn1-c1ccc(F)cc1. The molecule has 0 aliphatic heterocycles. The maximum Gasteiger partial charge on any atom is 0.262 e. The Bertz CT molecular complexity index is 1890. The molecule has 204 valence electrons. The predicted molar refractivity (Wildman–Crippen MR) is 150 cm³/mol. The molecule has 6 aromatic rings. The number of rotatable bonds is 8. The van der Waals surface area contributed by atoms with Gasteiger partial charge in [-0.3, -0.25) is 9.36 Å². The lowest BCUT2D eigenvalue weighted by molar-refractivity contribution is 0.206. The number of ether oxygens (including phenoxy) is 1. The van der Waals surface area contributed by atoms with Crippen molar-refractivity contribution in [3.63, 3.8) is 0 Å². The highest BCUT2D eigenvalue weighted by Crippen LogP contribution is 2.33. The second-order valence-corrected chi connectivity index (χ2v) is 9.00. The third-order valence-corrected chi connectivity index (χ3v) is 6.24. The van der Waals surface area contributed by atoms with Crippen LogP contribution in [-0.4, -0.2) is 24.3 Å². The number of benzene rings is 2. The first-order chi connectivity index (χ1) is 19.9. The Labute approximate surface area is 231 Å². The zero-order chi connectivity index (χ0) is 28.3. The summed E-state index contributed by atoms with van der Waals surface area (Å²) < 4.78 is 37.3. The fourth-order valence-corrected chi connectivity index (χ4v) is 4.28. The van der Waals surface area contributed by atoms with Crippen molar-refractivity contribution in [2.45, 2.75) is 6.23 Å². The number of pyridine rings is 3. The van der Waals surface area contributed by atoms with E-state index in [1.807, 2.05) is 6.07 Å². The quantitative estimate of drug-likeness (QED) is 0.205. The van der Waals surface area contributed by atoms with Crippen LogP contribution >= 0.6 is 0 Å². The minimum absolute atomic E-state index is 0.0258. The lowest BCUT2D eigenvalue weighted by Crippen LogP contribution is -2.26. The van der Waals surface area contributed by atoms with Crippen molar-refractivity contribution < 1.29 is 18.6 Å². The van der Waals surface area contributed by atoms with Crippen LogP contribution in [-0.2, 0) is 0 Å². The van der Waals surface area contributed by atoms with E-state index < -0.39 is 23.4 Å². The van der Waals surface area contributed by atoms with Crippen LogP contribution in [0.15, 0.2) is 115 Å². The Morgan fingerprint density at radius 1 is 0.878 bits per heavy atom. The summed E-state index contributed by atoms with van der Waals surface area (Å²) in [5, 5.41) is 20.9. The zero-order valence-corrected chi connectivity index (χ0v) is 21.3. The first-order valence-electron chi connectivity index (χ1n) is 12.5. The molecule has 1 unspecified atom stereocenters. The van der Waals surface area contributed by atoms with Gasteiger partial charge in [0.25, 0.3) is 5.56 Å². The van der Waals surface area contributed by atoms with Gasteiger partial charge in [0.05, 0.1) is 23.6 Å². The first kappa shape index (κ1) is 25.7. The Morgan fingerprint density at radius 3 is 2.51 bits per heavy atom. The molecular weight excluding hydrogens is 530 g/mol.